The standard InChI is InChI=1S/C15H24N4O2/c1-3-16-13-6-5-7-14(15(13)19(20)21)17-10-11-18(4-2)12-8-9-12/h5-7,12,16-17H,3-4,8-11H2,1-2H3. The van der Waals surface area contributed by atoms with E-state index in [-0.39, 0.29) is 10.6 Å². The Balaban J connectivity index is 2.01. The number of para-hydroxylation sites is 1. The third kappa shape index (κ3) is 4.07. The minimum absolute atomic E-state index is 0.133. The SMILES string of the molecule is CCNc1cccc(NCCN(CC)C2CC2)c1[N+](=O)[O-]. The van der Waals surface area contributed by atoms with Crippen LogP contribution < -0.4 is 10.6 Å². The Labute approximate surface area is 125 Å². The van der Waals surface area contributed by atoms with E-state index in [2.05, 4.69) is 22.5 Å². The van der Waals surface area contributed by atoms with Gasteiger partial charge in [0.2, 0.25) is 0 Å². The number of anilines is 2. The summed E-state index contributed by atoms with van der Waals surface area (Å²) in [7, 11) is 0. The molecule has 1 saturated carbocycles. The molecule has 1 aliphatic carbocycles. The normalized spacial score (nSPS) is 14.2. The van der Waals surface area contributed by atoms with Gasteiger partial charge >= 0.3 is 5.69 Å². The van der Waals surface area contributed by atoms with Crippen LogP contribution in [0.15, 0.2) is 18.2 Å². The fourth-order valence-electron chi connectivity index (χ4n) is 2.59. The maximum Gasteiger partial charge on any atom is 0.315 e. The van der Waals surface area contributed by atoms with Crippen molar-refractivity contribution in [2.75, 3.05) is 36.8 Å². The molecule has 0 unspecified atom stereocenters. The highest BCUT2D eigenvalue weighted by atomic mass is 16.6. The summed E-state index contributed by atoms with van der Waals surface area (Å²) in [6, 6.07) is 6.08. The molecular weight excluding hydrogens is 268 g/mol. The molecule has 1 aliphatic rings. The van der Waals surface area contributed by atoms with Crippen LogP contribution in [0.25, 0.3) is 0 Å². The molecule has 2 rings (SSSR count). The average Bonchev–Trinajstić information content (AvgIpc) is 3.28. The van der Waals surface area contributed by atoms with Gasteiger partial charge in [-0.2, -0.15) is 0 Å². The number of nitro groups is 1. The van der Waals surface area contributed by atoms with E-state index in [1.165, 1.54) is 12.8 Å². The van der Waals surface area contributed by atoms with Crippen LogP contribution in [0.5, 0.6) is 0 Å². The second kappa shape index (κ2) is 7.26. The van der Waals surface area contributed by atoms with Crippen LogP contribution in [0.4, 0.5) is 17.1 Å². The minimum atomic E-state index is -0.321. The van der Waals surface area contributed by atoms with Gasteiger partial charge in [0.05, 0.1) is 4.92 Å². The molecule has 0 atom stereocenters. The second-order valence-corrected chi connectivity index (χ2v) is 5.28. The Hall–Kier alpha value is -1.82. The lowest BCUT2D eigenvalue weighted by Gasteiger charge is -2.20. The first-order valence-corrected chi connectivity index (χ1v) is 7.66. The van der Waals surface area contributed by atoms with E-state index in [0.29, 0.717) is 17.9 Å². The lowest BCUT2D eigenvalue weighted by atomic mass is 10.2. The zero-order chi connectivity index (χ0) is 15.2. The molecule has 0 saturated heterocycles. The van der Waals surface area contributed by atoms with Crippen LogP contribution in [0.2, 0.25) is 0 Å². The van der Waals surface area contributed by atoms with Crippen LogP contribution in [-0.4, -0.2) is 42.0 Å². The first-order valence-electron chi connectivity index (χ1n) is 7.66. The summed E-state index contributed by atoms with van der Waals surface area (Å²) in [5.41, 5.74) is 1.29. The van der Waals surface area contributed by atoms with Gasteiger partial charge in [-0.15, -0.1) is 0 Å². The van der Waals surface area contributed by atoms with E-state index < -0.39 is 0 Å². The number of hydrogen-bond donors (Lipinski definition) is 2. The average molecular weight is 292 g/mol. The van der Waals surface area contributed by atoms with E-state index in [9.17, 15) is 10.1 Å². The monoisotopic (exact) mass is 292 g/mol. The highest BCUT2D eigenvalue weighted by Gasteiger charge is 2.27. The number of rotatable bonds is 9. The van der Waals surface area contributed by atoms with Crippen molar-refractivity contribution in [3.05, 3.63) is 28.3 Å². The molecule has 116 valence electrons. The predicted molar refractivity (Wildman–Crippen MR) is 86.0 cm³/mol. The summed E-state index contributed by atoms with van der Waals surface area (Å²) in [6.07, 6.45) is 2.56. The molecule has 0 bridgehead atoms. The van der Waals surface area contributed by atoms with Crippen molar-refractivity contribution in [3.63, 3.8) is 0 Å². The van der Waals surface area contributed by atoms with Gasteiger partial charge in [0.25, 0.3) is 0 Å². The van der Waals surface area contributed by atoms with Gasteiger partial charge in [0, 0.05) is 25.7 Å². The number of nitro benzene ring substituents is 1. The molecule has 1 fully saturated rings. The van der Waals surface area contributed by atoms with Crippen molar-refractivity contribution < 1.29 is 4.92 Å². The first-order chi connectivity index (χ1) is 10.2. The highest BCUT2D eigenvalue weighted by Crippen LogP contribution is 2.32. The molecule has 0 aliphatic heterocycles. The van der Waals surface area contributed by atoms with Gasteiger partial charge in [-0.25, -0.2) is 0 Å². The van der Waals surface area contributed by atoms with E-state index in [1.54, 1.807) is 12.1 Å². The number of hydrogen-bond acceptors (Lipinski definition) is 5. The Bertz CT molecular complexity index is 489. The number of nitrogens with one attached hydrogen (secondary N) is 2. The molecule has 6 nitrogen and oxygen atoms in total. The van der Waals surface area contributed by atoms with Gasteiger partial charge in [-0.1, -0.05) is 13.0 Å². The lowest BCUT2D eigenvalue weighted by molar-refractivity contribution is -0.383. The molecule has 0 spiro atoms. The van der Waals surface area contributed by atoms with Crippen molar-refractivity contribution in [3.8, 4) is 0 Å². The Kier molecular flexibility index (Phi) is 5.38. The molecule has 2 N–H and O–H groups in total. The molecule has 21 heavy (non-hydrogen) atoms. The summed E-state index contributed by atoms with van der Waals surface area (Å²) in [5.74, 6) is 0. The van der Waals surface area contributed by atoms with E-state index in [1.807, 2.05) is 13.0 Å². The fraction of sp³-hybridized carbons (Fsp3) is 0.600. The summed E-state index contributed by atoms with van der Waals surface area (Å²) in [5, 5.41) is 17.6. The maximum atomic E-state index is 11.3. The van der Waals surface area contributed by atoms with Crippen molar-refractivity contribution in [1.29, 1.82) is 0 Å². The van der Waals surface area contributed by atoms with Crippen LogP contribution in [0, 0.1) is 10.1 Å². The van der Waals surface area contributed by atoms with Gasteiger partial charge in [0.1, 0.15) is 11.4 Å². The van der Waals surface area contributed by atoms with Crippen molar-refractivity contribution in [1.82, 2.24) is 4.90 Å². The minimum Gasteiger partial charge on any atom is -0.380 e. The molecule has 1 aromatic rings. The van der Waals surface area contributed by atoms with Crippen molar-refractivity contribution in [2.45, 2.75) is 32.7 Å². The van der Waals surface area contributed by atoms with E-state index in [4.69, 9.17) is 0 Å². The molecule has 0 heterocycles. The highest BCUT2D eigenvalue weighted by molar-refractivity contribution is 5.76. The van der Waals surface area contributed by atoms with Gasteiger partial charge in [0.15, 0.2) is 0 Å². The zero-order valence-electron chi connectivity index (χ0n) is 12.8. The quantitative estimate of drug-likeness (QED) is 0.541. The molecule has 0 amide bonds. The molecule has 1 aromatic carbocycles. The summed E-state index contributed by atoms with van der Waals surface area (Å²) >= 11 is 0. The van der Waals surface area contributed by atoms with Crippen molar-refractivity contribution in [2.24, 2.45) is 0 Å². The third-order valence-electron chi connectivity index (χ3n) is 3.77. The van der Waals surface area contributed by atoms with Gasteiger partial charge < -0.3 is 10.6 Å². The largest absolute Gasteiger partial charge is 0.380 e. The lowest BCUT2D eigenvalue weighted by Crippen LogP contribution is -2.31. The topological polar surface area (TPSA) is 70.4 Å². The van der Waals surface area contributed by atoms with E-state index in [0.717, 1.165) is 25.7 Å². The second-order valence-electron chi connectivity index (χ2n) is 5.28. The summed E-state index contributed by atoms with van der Waals surface area (Å²) < 4.78 is 0. The van der Waals surface area contributed by atoms with E-state index >= 15 is 0 Å². The molecular formula is C15H24N4O2. The van der Waals surface area contributed by atoms with Crippen LogP contribution in [0.3, 0.4) is 0 Å². The molecule has 0 aromatic heterocycles. The van der Waals surface area contributed by atoms with Crippen LogP contribution in [0.1, 0.15) is 26.7 Å². The Morgan fingerprint density at radius 3 is 2.48 bits per heavy atom. The number of nitrogens with zero attached hydrogens (tertiary/aromatic N) is 2. The number of benzene rings is 1. The fourth-order valence-corrected chi connectivity index (χ4v) is 2.59. The smallest absolute Gasteiger partial charge is 0.315 e. The summed E-state index contributed by atoms with van der Waals surface area (Å²) in [4.78, 5) is 13.4. The third-order valence-corrected chi connectivity index (χ3v) is 3.77. The Morgan fingerprint density at radius 1 is 1.29 bits per heavy atom. The number of likely N-dealkylation sites (N-methyl/N-ethyl adjacent to an activating group) is 1. The van der Waals surface area contributed by atoms with Crippen LogP contribution in [-0.2, 0) is 0 Å². The molecule has 6 heteroatoms. The van der Waals surface area contributed by atoms with Gasteiger partial charge in [-0.05, 0) is 38.4 Å². The Morgan fingerprint density at radius 2 is 1.95 bits per heavy atom. The molecule has 0 radical (unpaired) electrons. The summed E-state index contributed by atoms with van der Waals surface area (Å²) in [6.45, 7) is 7.43. The first kappa shape index (κ1) is 15.6. The predicted octanol–water partition coefficient (Wildman–Crippen LogP) is 2.92. The van der Waals surface area contributed by atoms with Gasteiger partial charge in [-0.3, -0.25) is 15.0 Å². The zero-order valence-corrected chi connectivity index (χ0v) is 12.8. The van der Waals surface area contributed by atoms with Crippen LogP contribution >= 0.6 is 0 Å². The van der Waals surface area contributed by atoms with Crippen molar-refractivity contribution >= 4 is 17.1 Å². The maximum absolute atomic E-state index is 11.3.